The standard InChI is InChI=1S/C20H17N3O5S3/c1-13-2-8-16(9-3-13)30(25,26)22-14-4-6-15(7-5-14)23-31(27,28)17-10-11-18-19(12-17)29-20(24)21-18/h2-12,22-23H,1H3,(H,21,24). The Bertz CT molecular complexity index is 1520. The summed E-state index contributed by atoms with van der Waals surface area (Å²) in [6.45, 7) is 1.86. The summed E-state index contributed by atoms with van der Waals surface area (Å²) in [5, 5.41) is 0. The third-order valence-corrected chi connectivity index (χ3v) is 8.04. The monoisotopic (exact) mass is 475 g/mol. The predicted molar refractivity (Wildman–Crippen MR) is 122 cm³/mol. The Morgan fingerprint density at radius 3 is 1.84 bits per heavy atom. The van der Waals surface area contributed by atoms with Gasteiger partial charge in [0.1, 0.15) is 0 Å². The highest BCUT2D eigenvalue weighted by Gasteiger charge is 2.17. The van der Waals surface area contributed by atoms with Gasteiger partial charge in [0, 0.05) is 11.4 Å². The first-order valence-corrected chi connectivity index (χ1v) is 12.8. The lowest BCUT2D eigenvalue weighted by Gasteiger charge is -2.11. The number of benzene rings is 3. The molecule has 160 valence electrons. The summed E-state index contributed by atoms with van der Waals surface area (Å²) in [7, 11) is -7.64. The van der Waals surface area contributed by atoms with Gasteiger partial charge in [-0.2, -0.15) is 0 Å². The fourth-order valence-electron chi connectivity index (χ4n) is 2.84. The number of aromatic amines is 1. The lowest BCUT2D eigenvalue weighted by molar-refractivity contribution is 0.599. The van der Waals surface area contributed by atoms with Gasteiger partial charge < -0.3 is 4.98 Å². The molecule has 0 saturated heterocycles. The molecule has 3 N–H and O–H groups in total. The minimum absolute atomic E-state index is 0.0133. The maximum absolute atomic E-state index is 12.7. The van der Waals surface area contributed by atoms with Crippen LogP contribution in [-0.2, 0) is 20.0 Å². The second kappa shape index (κ2) is 7.84. The molecule has 0 aliphatic rings. The van der Waals surface area contributed by atoms with Crippen molar-refractivity contribution in [3.63, 3.8) is 0 Å². The second-order valence-electron chi connectivity index (χ2n) is 6.77. The fourth-order valence-corrected chi connectivity index (χ4v) is 5.84. The van der Waals surface area contributed by atoms with Crippen LogP contribution in [0.1, 0.15) is 5.56 Å². The van der Waals surface area contributed by atoms with Gasteiger partial charge >= 0.3 is 4.87 Å². The summed E-state index contributed by atoms with van der Waals surface area (Å²) < 4.78 is 55.7. The quantitative estimate of drug-likeness (QED) is 0.394. The van der Waals surface area contributed by atoms with Crippen molar-refractivity contribution in [2.75, 3.05) is 9.44 Å². The lowest BCUT2D eigenvalue weighted by Crippen LogP contribution is -2.14. The Balaban J connectivity index is 1.52. The molecule has 11 heteroatoms. The van der Waals surface area contributed by atoms with E-state index in [4.69, 9.17) is 0 Å². The number of anilines is 2. The van der Waals surface area contributed by atoms with Crippen LogP contribution in [0.15, 0.2) is 81.3 Å². The molecule has 31 heavy (non-hydrogen) atoms. The Morgan fingerprint density at radius 2 is 1.26 bits per heavy atom. The van der Waals surface area contributed by atoms with E-state index in [1.165, 1.54) is 54.6 Å². The normalized spacial score (nSPS) is 12.0. The fraction of sp³-hybridized carbons (Fsp3) is 0.0500. The summed E-state index contributed by atoms with van der Waals surface area (Å²) in [5.41, 5.74) is 2.07. The van der Waals surface area contributed by atoms with E-state index in [0.29, 0.717) is 15.9 Å². The van der Waals surface area contributed by atoms with Crippen molar-refractivity contribution in [2.24, 2.45) is 0 Å². The predicted octanol–water partition coefficient (Wildman–Crippen LogP) is 3.50. The van der Waals surface area contributed by atoms with E-state index in [1.807, 2.05) is 6.92 Å². The number of nitrogens with one attached hydrogen (secondary N) is 3. The van der Waals surface area contributed by atoms with E-state index in [-0.39, 0.29) is 20.4 Å². The number of hydrogen-bond acceptors (Lipinski definition) is 6. The molecule has 8 nitrogen and oxygen atoms in total. The molecule has 4 aromatic rings. The number of H-pyrrole nitrogens is 1. The van der Waals surface area contributed by atoms with Gasteiger partial charge in [0.25, 0.3) is 20.0 Å². The summed E-state index contributed by atoms with van der Waals surface area (Å²) in [5.74, 6) is 0. The highest BCUT2D eigenvalue weighted by atomic mass is 32.2. The van der Waals surface area contributed by atoms with Gasteiger partial charge in [-0.1, -0.05) is 29.0 Å². The number of sulfonamides is 2. The molecule has 0 atom stereocenters. The first kappa shape index (κ1) is 21.1. The van der Waals surface area contributed by atoms with Crippen molar-refractivity contribution >= 4 is 53.0 Å². The van der Waals surface area contributed by atoms with Crippen LogP contribution in [-0.4, -0.2) is 21.8 Å². The molecular weight excluding hydrogens is 458 g/mol. The van der Waals surface area contributed by atoms with Crippen LogP contribution in [0.25, 0.3) is 10.2 Å². The van der Waals surface area contributed by atoms with Crippen LogP contribution < -0.4 is 14.3 Å². The molecule has 0 radical (unpaired) electrons. The molecule has 1 heterocycles. The molecule has 0 amide bonds. The maximum atomic E-state index is 12.7. The maximum Gasteiger partial charge on any atom is 0.305 e. The Labute approximate surface area is 182 Å². The minimum atomic E-state index is -3.89. The average molecular weight is 476 g/mol. The van der Waals surface area contributed by atoms with E-state index >= 15 is 0 Å². The van der Waals surface area contributed by atoms with Gasteiger partial charge in [0.2, 0.25) is 0 Å². The molecule has 1 aromatic heterocycles. The second-order valence-corrected chi connectivity index (χ2v) is 11.2. The first-order chi connectivity index (χ1) is 14.6. The molecule has 4 rings (SSSR count). The number of aromatic nitrogens is 1. The van der Waals surface area contributed by atoms with Crippen molar-refractivity contribution in [1.82, 2.24) is 4.98 Å². The number of thiazole rings is 1. The molecule has 0 bridgehead atoms. The number of rotatable bonds is 6. The van der Waals surface area contributed by atoms with Crippen LogP contribution in [0.4, 0.5) is 11.4 Å². The SMILES string of the molecule is Cc1ccc(S(=O)(=O)Nc2ccc(NS(=O)(=O)c3ccc4[nH]c(=O)sc4c3)cc2)cc1. The summed E-state index contributed by atoms with van der Waals surface area (Å²) in [6, 6.07) is 16.6. The molecule has 0 saturated carbocycles. The minimum Gasteiger partial charge on any atom is -0.312 e. The van der Waals surface area contributed by atoms with Crippen LogP contribution >= 0.6 is 11.3 Å². The zero-order valence-electron chi connectivity index (χ0n) is 16.1. The van der Waals surface area contributed by atoms with Crippen molar-refractivity contribution in [2.45, 2.75) is 16.7 Å². The Hall–Kier alpha value is -3.15. The number of aryl methyl sites for hydroxylation is 1. The lowest BCUT2D eigenvalue weighted by atomic mass is 10.2. The Morgan fingerprint density at radius 1 is 0.742 bits per heavy atom. The highest BCUT2D eigenvalue weighted by molar-refractivity contribution is 7.93. The Kier molecular flexibility index (Phi) is 5.33. The van der Waals surface area contributed by atoms with E-state index in [9.17, 15) is 21.6 Å². The van der Waals surface area contributed by atoms with Crippen molar-refractivity contribution in [3.05, 3.63) is 82.0 Å². The zero-order chi connectivity index (χ0) is 22.2. The highest BCUT2D eigenvalue weighted by Crippen LogP contribution is 2.23. The third kappa shape index (κ3) is 4.63. The van der Waals surface area contributed by atoms with Crippen molar-refractivity contribution in [3.8, 4) is 0 Å². The van der Waals surface area contributed by atoms with Crippen LogP contribution in [0.2, 0.25) is 0 Å². The van der Waals surface area contributed by atoms with Gasteiger partial charge in [0.05, 0.1) is 20.0 Å². The molecule has 0 fully saturated rings. The van der Waals surface area contributed by atoms with Gasteiger partial charge in [0.15, 0.2) is 0 Å². The van der Waals surface area contributed by atoms with E-state index in [1.54, 1.807) is 12.1 Å². The number of hydrogen-bond donors (Lipinski definition) is 3. The van der Waals surface area contributed by atoms with Gasteiger partial charge in [-0.3, -0.25) is 14.2 Å². The molecule has 0 unspecified atom stereocenters. The van der Waals surface area contributed by atoms with E-state index in [0.717, 1.165) is 16.9 Å². The number of fused-ring (bicyclic) bond motifs is 1. The van der Waals surface area contributed by atoms with Gasteiger partial charge in [-0.05, 0) is 61.5 Å². The molecular formula is C20H17N3O5S3. The smallest absolute Gasteiger partial charge is 0.305 e. The van der Waals surface area contributed by atoms with E-state index < -0.39 is 20.0 Å². The van der Waals surface area contributed by atoms with Crippen molar-refractivity contribution in [1.29, 1.82) is 0 Å². The molecule has 0 aliphatic heterocycles. The largest absolute Gasteiger partial charge is 0.312 e. The summed E-state index contributed by atoms with van der Waals surface area (Å²) >= 11 is 0.926. The van der Waals surface area contributed by atoms with Crippen LogP contribution in [0, 0.1) is 6.92 Å². The van der Waals surface area contributed by atoms with Gasteiger partial charge in [-0.25, -0.2) is 16.8 Å². The third-order valence-electron chi connectivity index (χ3n) is 4.42. The summed E-state index contributed by atoms with van der Waals surface area (Å²) in [4.78, 5) is 13.9. The average Bonchev–Trinajstić information content (AvgIpc) is 3.08. The molecule has 0 spiro atoms. The van der Waals surface area contributed by atoms with Crippen molar-refractivity contribution < 1.29 is 16.8 Å². The first-order valence-electron chi connectivity index (χ1n) is 8.98. The van der Waals surface area contributed by atoms with Crippen LogP contribution in [0.3, 0.4) is 0 Å². The topological polar surface area (TPSA) is 125 Å². The molecule has 0 aliphatic carbocycles. The summed E-state index contributed by atoms with van der Waals surface area (Å²) in [6.07, 6.45) is 0. The molecule has 3 aromatic carbocycles. The van der Waals surface area contributed by atoms with Crippen LogP contribution in [0.5, 0.6) is 0 Å². The zero-order valence-corrected chi connectivity index (χ0v) is 18.6. The van der Waals surface area contributed by atoms with E-state index in [2.05, 4.69) is 14.4 Å². The van der Waals surface area contributed by atoms with Gasteiger partial charge in [-0.15, -0.1) is 0 Å².